The minimum atomic E-state index is -4.70. The third kappa shape index (κ3) is 4.83. The Morgan fingerprint density at radius 3 is 2.79 bits per heavy atom. The van der Waals surface area contributed by atoms with E-state index in [-0.39, 0.29) is 17.4 Å². The number of piperidine rings is 1. The van der Waals surface area contributed by atoms with Gasteiger partial charge in [0.2, 0.25) is 11.8 Å². The highest BCUT2D eigenvalue weighted by molar-refractivity contribution is 7.15. The van der Waals surface area contributed by atoms with E-state index in [9.17, 15) is 13.2 Å². The first kappa shape index (κ1) is 22.2. The lowest BCUT2D eigenvalue weighted by molar-refractivity contribution is -0.159. The third-order valence-corrected chi connectivity index (χ3v) is 6.12. The van der Waals surface area contributed by atoms with Gasteiger partial charge in [0.15, 0.2) is 5.13 Å². The van der Waals surface area contributed by atoms with E-state index in [0.29, 0.717) is 18.3 Å². The lowest BCUT2D eigenvalue weighted by Gasteiger charge is -2.32. The molecule has 1 unspecified atom stereocenters. The Hall–Kier alpha value is -3.61. The minimum absolute atomic E-state index is 0.0458. The Balaban J connectivity index is 1.33. The van der Waals surface area contributed by atoms with Crippen LogP contribution in [-0.2, 0) is 6.18 Å². The van der Waals surface area contributed by atoms with Crippen molar-refractivity contribution in [3.63, 3.8) is 0 Å². The Morgan fingerprint density at radius 2 is 2.03 bits per heavy atom. The van der Waals surface area contributed by atoms with Crippen LogP contribution in [0.4, 0.5) is 30.1 Å². The zero-order valence-corrected chi connectivity index (χ0v) is 18.8. The molecule has 1 N–H and O–H groups in total. The van der Waals surface area contributed by atoms with Crippen molar-refractivity contribution in [2.24, 2.45) is 0 Å². The first-order chi connectivity index (χ1) is 16.3. The Morgan fingerprint density at radius 1 is 1.15 bits per heavy atom. The van der Waals surface area contributed by atoms with Gasteiger partial charge in [0, 0.05) is 42.0 Å². The highest BCUT2D eigenvalue weighted by atomic mass is 32.1. The number of pyridine rings is 1. The van der Waals surface area contributed by atoms with E-state index in [2.05, 4.69) is 44.8 Å². The van der Waals surface area contributed by atoms with Crippen molar-refractivity contribution in [2.45, 2.75) is 31.9 Å². The number of thiazole rings is 1. The molecule has 0 amide bonds. The van der Waals surface area contributed by atoms with Crippen LogP contribution in [0, 0.1) is 6.92 Å². The lowest BCUT2D eigenvalue weighted by atomic mass is 9.94. The molecule has 34 heavy (non-hydrogen) atoms. The van der Waals surface area contributed by atoms with Crippen LogP contribution in [-0.4, -0.2) is 43.2 Å². The highest BCUT2D eigenvalue weighted by Gasteiger charge is 2.38. The molecule has 1 aliphatic heterocycles. The van der Waals surface area contributed by atoms with E-state index < -0.39 is 12.1 Å². The van der Waals surface area contributed by atoms with E-state index in [4.69, 9.17) is 0 Å². The second kappa shape index (κ2) is 8.97. The number of nitrogens with one attached hydrogen (secondary N) is 1. The van der Waals surface area contributed by atoms with Crippen LogP contribution in [0.5, 0.6) is 0 Å². The highest BCUT2D eigenvalue weighted by Crippen LogP contribution is 2.31. The fourth-order valence-corrected chi connectivity index (χ4v) is 4.41. The van der Waals surface area contributed by atoms with Crippen molar-refractivity contribution >= 4 is 28.2 Å². The molecule has 0 bridgehead atoms. The molecule has 0 aliphatic carbocycles. The van der Waals surface area contributed by atoms with Gasteiger partial charge < -0.3 is 14.7 Å². The predicted molar refractivity (Wildman–Crippen MR) is 119 cm³/mol. The summed E-state index contributed by atoms with van der Waals surface area (Å²) in [4.78, 5) is 24.5. The van der Waals surface area contributed by atoms with E-state index in [1.165, 1.54) is 0 Å². The van der Waals surface area contributed by atoms with Gasteiger partial charge in [0.25, 0.3) is 0 Å². The van der Waals surface area contributed by atoms with Crippen molar-refractivity contribution in [3.05, 3.63) is 53.1 Å². The number of halogens is 3. The predicted octanol–water partition coefficient (Wildman–Crippen LogP) is 4.83. The maximum Gasteiger partial charge on any atom is 0.471 e. The normalized spacial score (nSPS) is 16.6. The fourth-order valence-electron chi connectivity index (χ4n) is 3.74. The zero-order valence-electron chi connectivity index (χ0n) is 18.0. The Kier molecular flexibility index (Phi) is 5.86. The van der Waals surface area contributed by atoms with Crippen LogP contribution < -0.4 is 10.2 Å². The molecule has 0 radical (unpaired) electrons. The van der Waals surface area contributed by atoms with Gasteiger partial charge in [-0.15, -0.1) is 11.3 Å². The zero-order chi connectivity index (χ0) is 23.7. The SMILES string of the molecule is Cc1cnc(Nc2ccnc(N3CCCC(c4cccc(-c5noc(C(F)(F)F)n5)n4)C3)n2)s1. The summed E-state index contributed by atoms with van der Waals surface area (Å²) in [6, 6.07) is 6.93. The van der Waals surface area contributed by atoms with Gasteiger partial charge in [-0.1, -0.05) is 11.2 Å². The van der Waals surface area contributed by atoms with Gasteiger partial charge in [0.05, 0.1) is 0 Å². The van der Waals surface area contributed by atoms with Crippen molar-refractivity contribution in [1.82, 2.24) is 30.1 Å². The molecule has 0 spiro atoms. The van der Waals surface area contributed by atoms with Crippen LogP contribution in [0.15, 0.2) is 41.2 Å². The van der Waals surface area contributed by atoms with Gasteiger partial charge >= 0.3 is 12.1 Å². The third-order valence-electron chi connectivity index (χ3n) is 5.29. The summed E-state index contributed by atoms with van der Waals surface area (Å²) in [5.74, 6) is -0.297. The molecular weight excluding hydrogens is 469 g/mol. The van der Waals surface area contributed by atoms with Crippen LogP contribution in [0.3, 0.4) is 0 Å². The van der Waals surface area contributed by atoms with Gasteiger partial charge in [-0.05, 0) is 38.0 Å². The number of hydrogen-bond acceptors (Lipinski definition) is 10. The largest absolute Gasteiger partial charge is 0.471 e. The molecule has 5 rings (SSSR count). The van der Waals surface area contributed by atoms with Crippen LogP contribution in [0.1, 0.15) is 35.2 Å². The molecule has 5 heterocycles. The summed E-state index contributed by atoms with van der Waals surface area (Å²) in [5.41, 5.74) is 0.975. The van der Waals surface area contributed by atoms with Crippen molar-refractivity contribution in [2.75, 3.05) is 23.3 Å². The average Bonchev–Trinajstić information content (AvgIpc) is 3.49. The van der Waals surface area contributed by atoms with Crippen LogP contribution in [0.2, 0.25) is 0 Å². The van der Waals surface area contributed by atoms with E-state index in [0.717, 1.165) is 35.1 Å². The summed E-state index contributed by atoms with van der Waals surface area (Å²) in [6.45, 7) is 3.39. The molecule has 1 saturated heterocycles. The van der Waals surface area contributed by atoms with Crippen LogP contribution in [0.25, 0.3) is 11.5 Å². The van der Waals surface area contributed by atoms with E-state index in [1.807, 2.05) is 13.0 Å². The number of aromatic nitrogens is 6. The minimum Gasteiger partial charge on any atom is -0.340 e. The number of alkyl halides is 3. The maximum absolute atomic E-state index is 12.8. The topological polar surface area (TPSA) is 106 Å². The number of hydrogen-bond donors (Lipinski definition) is 1. The molecule has 4 aromatic rings. The first-order valence-corrected chi connectivity index (χ1v) is 11.3. The molecular formula is C21H19F3N8OS. The summed E-state index contributed by atoms with van der Waals surface area (Å²) in [6.07, 6.45) is 0.563. The lowest BCUT2D eigenvalue weighted by Crippen LogP contribution is -2.35. The quantitative estimate of drug-likeness (QED) is 0.423. The second-order valence-electron chi connectivity index (χ2n) is 7.80. The molecule has 0 saturated carbocycles. The average molecular weight is 488 g/mol. The van der Waals surface area contributed by atoms with Gasteiger partial charge in [-0.2, -0.15) is 23.1 Å². The summed E-state index contributed by atoms with van der Waals surface area (Å²) in [5, 5.41) is 7.40. The summed E-state index contributed by atoms with van der Waals surface area (Å²) in [7, 11) is 0. The number of nitrogens with zero attached hydrogens (tertiary/aromatic N) is 7. The molecule has 1 aliphatic rings. The Labute approximate surface area is 196 Å². The smallest absolute Gasteiger partial charge is 0.340 e. The summed E-state index contributed by atoms with van der Waals surface area (Å²) >= 11 is 1.54. The molecule has 1 fully saturated rings. The number of rotatable bonds is 5. The Bertz CT molecular complexity index is 1290. The number of anilines is 3. The molecule has 1 atom stereocenters. The molecule has 0 aromatic carbocycles. The van der Waals surface area contributed by atoms with Crippen LogP contribution >= 0.6 is 11.3 Å². The van der Waals surface area contributed by atoms with Gasteiger partial charge in [0.1, 0.15) is 11.5 Å². The van der Waals surface area contributed by atoms with Crippen molar-refractivity contribution in [1.29, 1.82) is 0 Å². The fraction of sp³-hybridized carbons (Fsp3) is 0.333. The molecule has 176 valence electrons. The van der Waals surface area contributed by atoms with Gasteiger partial charge in [-0.25, -0.2) is 15.0 Å². The second-order valence-corrected chi connectivity index (χ2v) is 9.03. The van der Waals surface area contributed by atoms with Gasteiger partial charge in [-0.3, -0.25) is 0 Å². The van der Waals surface area contributed by atoms with E-state index in [1.54, 1.807) is 41.9 Å². The number of aryl methyl sites for hydroxylation is 1. The molecule has 9 nitrogen and oxygen atoms in total. The summed E-state index contributed by atoms with van der Waals surface area (Å²) < 4.78 is 42.7. The van der Waals surface area contributed by atoms with Crippen molar-refractivity contribution < 1.29 is 17.7 Å². The maximum atomic E-state index is 12.8. The molecule has 13 heteroatoms. The van der Waals surface area contributed by atoms with Crippen molar-refractivity contribution in [3.8, 4) is 11.5 Å². The first-order valence-electron chi connectivity index (χ1n) is 10.5. The monoisotopic (exact) mass is 488 g/mol. The van der Waals surface area contributed by atoms with E-state index >= 15 is 0 Å². The molecule has 4 aromatic heterocycles. The standard InChI is InChI=1S/C21H19F3N8OS/c1-12-10-26-20(34-12)29-16-7-8-25-19(28-16)32-9-3-4-13(11-32)14-5-2-6-15(27-14)17-30-18(33-31-17)21(22,23)24/h2,5-8,10,13H,3-4,9,11H2,1H3,(H,25,26,28,29).